The molecule has 0 aliphatic carbocycles. The molecule has 1 heterocycles. The summed E-state index contributed by atoms with van der Waals surface area (Å²) < 4.78 is 13.0. The van der Waals surface area contributed by atoms with Gasteiger partial charge in [-0.1, -0.05) is 19.9 Å². The molecule has 2 aromatic rings. The molecular weight excluding hydrogens is 241 g/mol. The monoisotopic (exact) mass is 259 g/mol. The van der Waals surface area contributed by atoms with Crippen LogP contribution in [0.25, 0.3) is 0 Å². The fourth-order valence-electron chi connectivity index (χ4n) is 1.79. The fraction of sp³-hybridized carbons (Fsp3) is 0.333. The van der Waals surface area contributed by atoms with Gasteiger partial charge in [0.2, 0.25) is 0 Å². The van der Waals surface area contributed by atoms with Crippen LogP contribution in [0.15, 0.2) is 30.3 Å². The topological polar surface area (TPSA) is 37.8 Å². The van der Waals surface area contributed by atoms with Crippen LogP contribution in [0, 0.1) is 12.7 Å². The minimum atomic E-state index is -0.206. The lowest BCUT2D eigenvalue weighted by atomic mass is 10.1. The minimum Gasteiger partial charge on any atom is -0.364 e. The van der Waals surface area contributed by atoms with E-state index < -0.39 is 0 Å². The zero-order chi connectivity index (χ0) is 13.8. The Morgan fingerprint density at radius 3 is 2.53 bits per heavy atom. The van der Waals surface area contributed by atoms with Crippen molar-refractivity contribution in [3.63, 3.8) is 0 Å². The van der Waals surface area contributed by atoms with Crippen molar-refractivity contribution < 1.29 is 4.39 Å². The molecule has 0 atom stereocenters. The summed E-state index contributed by atoms with van der Waals surface area (Å²) in [4.78, 5) is 0. The molecule has 4 heteroatoms. The zero-order valence-electron chi connectivity index (χ0n) is 11.4. The lowest BCUT2D eigenvalue weighted by Gasteiger charge is -2.09. The third kappa shape index (κ3) is 3.50. The number of hydrogen-bond acceptors (Lipinski definition) is 3. The number of nitrogens with one attached hydrogen (secondary N) is 1. The van der Waals surface area contributed by atoms with Crippen LogP contribution in [-0.2, 0) is 6.54 Å². The number of aryl methyl sites for hydroxylation is 1. The van der Waals surface area contributed by atoms with Crippen LogP contribution in [0.5, 0.6) is 0 Å². The van der Waals surface area contributed by atoms with Crippen LogP contribution in [0.3, 0.4) is 0 Å². The number of nitrogens with zero attached hydrogens (tertiary/aromatic N) is 2. The second-order valence-corrected chi connectivity index (χ2v) is 4.92. The summed E-state index contributed by atoms with van der Waals surface area (Å²) in [5.41, 5.74) is 2.96. The Labute approximate surface area is 112 Å². The molecule has 1 aromatic heterocycles. The Morgan fingerprint density at radius 1 is 1.16 bits per heavy atom. The number of halogens is 1. The molecule has 0 aliphatic heterocycles. The summed E-state index contributed by atoms with van der Waals surface area (Å²) in [6, 6.07) is 8.67. The molecular formula is C15H18FN3. The van der Waals surface area contributed by atoms with E-state index in [9.17, 15) is 4.39 Å². The van der Waals surface area contributed by atoms with Crippen LogP contribution in [0.4, 0.5) is 10.2 Å². The van der Waals surface area contributed by atoms with Crippen LogP contribution in [0.2, 0.25) is 0 Å². The van der Waals surface area contributed by atoms with Crippen molar-refractivity contribution in [1.82, 2.24) is 10.2 Å². The summed E-state index contributed by atoms with van der Waals surface area (Å²) in [6.45, 7) is 6.67. The lowest BCUT2D eigenvalue weighted by molar-refractivity contribution is 0.625. The highest BCUT2D eigenvalue weighted by atomic mass is 19.1. The van der Waals surface area contributed by atoms with Gasteiger partial charge in [0, 0.05) is 6.54 Å². The maximum absolute atomic E-state index is 13.0. The van der Waals surface area contributed by atoms with Gasteiger partial charge in [-0.3, -0.25) is 0 Å². The van der Waals surface area contributed by atoms with Crippen LogP contribution in [0.1, 0.15) is 36.6 Å². The van der Waals surface area contributed by atoms with Crippen molar-refractivity contribution in [2.45, 2.75) is 33.2 Å². The van der Waals surface area contributed by atoms with E-state index in [1.165, 1.54) is 12.1 Å². The van der Waals surface area contributed by atoms with Crippen molar-refractivity contribution in [3.8, 4) is 0 Å². The van der Waals surface area contributed by atoms with Crippen molar-refractivity contribution in [1.29, 1.82) is 0 Å². The molecule has 0 spiro atoms. The van der Waals surface area contributed by atoms with Gasteiger partial charge in [0.15, 0.2) is 0 Å². The van der Waals surface area contributed by atoms with Crippen molar-refractivity contribution >= 4 is 5.82 Å². The molecule has 1 N–H and O–H groups in total. The highest BCUT2D eigenvalue weighted by molar-refractivity contribution is 5.36. The molecule has 19 heavy (non-hydrogen) atoms. The first kappa shape index (κ1) is 13.5. The Balaban J connectivity index is 2.02. The van der Waals surface area contributed by atoms with Gasteiger partial charge in [-0.2, -0.15) is 5.10 Å². The summed E-state index contributed by atoms with van der Waals surface area (Å²) in [6.07, 6.45) is 0. The number of aromatic nitrogens is 2. The molecule has 2 rings (SSSR count). The highest BCUT2D eigenvalue weighted by Gasteiger charge is 2.03. The van der Waals surface area contributed by atoms with E-state index >= 15 is 0 Å². The quantitative estimate of drug-likeness (QED) is 0.910. The Bertz CT molecular complexity index is 550. The third-order valence-corrected chi connectivity index (χ3v) is 3.04. The number of benzene rings is 1. The smallest absolute Gasteiger partial charge is 0.148 e. The minimum absolute atomic E-state index is 0.206. The van der Waals surface area contributed by atoms with Crippen molar-refractivity contribution in [2.75, 3.05) is 5.32 Å². The number of hydrogen-bond donors (Lipinski definition) is 1. The summed E-state index contributed by atoms with van der Waals surface area (Å²) in [5, 5.41) is 11.5. The van der Waals surface area contributed by atoms with Gasteiger partial charge in [0.1, 0.15) is 11.6 Å². The van der Waals surface area contributed by atoms with Crippen LogP contribution < -0.4 is 5.32 Å². The Kier molecular flexibility index (Phi) is 4.10. The maximum Gasteiger partial charge on any atom is 0.148 e. The second kappa shape index (κ2) is 5.78. The molecule has 100 valence electrons. The van der Waals surface area contributed by atoms with E-state index in [2.05, 4.69) is 29.4 Å². The Morgan fingerprint density at radius 2 is 1.95 bits per heavy atom. The Hall–Kier alpha value is -1.97. The third-order valence-electron chi connectivity index (χ3n) is 3.04. The molecule has 0 amide bonds. The van der Waals surface area contributed by atoms with E-state index in [-0.39, 0.29) is 5.82 Å². The van der Waals surface area contributed by atoms with E-state index in [0.29, 0.717) is 12.5 Å². The van der Waals surface area contributed by atoms with Gasteiger partial charge in [-0.15, -0.1) is 5.10 Å². The molecule has 1 aromatic carbocycles. The van der Waals surface area contributed by atoms with Gasteiger partial charge in [-0.05, 0) is 48.2 Å². The van der Waals surface area contributed by atoms with Crippen LogP contribution in [-0.4, -0.2) is 10.2 Å². The highest BCUT2D eigenvalue weighted by Crippen LogP contribution is 2.14. The van der Waals surface area contributed by atoms with Gasteiger partial charge in [0.25, 0.3) is 0 Å². The van der Waals surface area contributed by atoms with Gasteiger partial charge in [-0.25, -0.2) is 4.39 Å². The average Bonchev–Trinajstić information content (AvgIpc) is 2.38. The largest absolute Gasteiger partial charge is 0.364 e. The van der Waals surface area contributed by atoms with Gasteiger partial charge >= 0.3 is 0 Å². The normalized spacial score (nSPS) is 10.8. The van der Waals surface area contributed by atoms with E-state index in [0.717, 1.165) is 22.6 Å². The molecule has 3 nitrogen and oxygen atoms in total. The molecule has 0 saturated heterocycles. The molecule has 0 radical (unpaired) electrons. The molecule has 0 bridgehead atoms. The summed E-state index contributed by atoms with van der Waals surface area (Å²) >= 11 is 0. The first-order valence-corrected chi connectivity index (χ1v) is 6.39. The maximum atomic E-state index is 13.0. The number of anilines is 1. The standard InChI is InChI=1S/C15H18FN3/c1-10(2)14-6-7-15(19-18-14)17-9-12-4-5-13(16)8-11(12)3/h4-8,10H,9H2,1-3H3,(H,17,19). The molecule has 0 fully saturated rings. The molecule has 0 unspecified atom stereocenters. The second-order valence-electron chi connectivity index (χ2n) is 4.92. The first-order valence-electron chi connectivity index (χ1n) is 6.39. The predicted octanol–water partition coefficient (Wildman–Crippen LogP) is 3.66. The van der Waals surface area contributed by atoms with Crippen molar-refractivity contribution in [3.05, 3.63) is 53.0 Å². The predicted molar refractivity (Wildman–Crippen MR) is 74.6 cm³/mol. The lowest BCUT2D eigenvalue weighted by Crippen LogP contribution is -2.05. The van der Waals surface area contributed by atoms with Crippen LogP contribution >= 0.6 is 0 Å². The summed E-state index contributed by atoms with van der Waals surface area (Å²) in [5.74, 6) is 0.899. The fourth-order valence-corrected chi connectivity index (χ4v) is 1.79. The number of rotatable bonds is 4. The molecule has 0 saturated carbocycles. The van der Waals surface area contributed by atoms with Gasteiger partial charge in [0.05, 0.1) is 5.69 Å². The average molecular weight is 259 g/mol. The van der Waals surface area contributed by atoms with Gasteiger partial charge < -0.3 is 5.32 Å². The molecule has 0 aliphatic rings. The van der Waals surface area contributed by atoms with E-state index in [4.69, 9.17) is 0 Å². The van der Waals surface area contributed by atoms with E-state index in [1.54, 1.807) is 6.07 Å². The van der Waals surface area contributed by atoms with Crippen molar-refractivity contribution in [2.24, 2.45) is 0 Å². The SMILES string of the molecule is Cc1cc(F)ccc1CNc1ccc(C(C)C)nn1. The zero-order valence-corrected chi connectivity index (χ0v) is 11.4. The summed E-state index contributed by atoms with van der Waals surface area (Å²) in [7, 11) is 0. The van der Waals surface area contributed by atoms with E-state index in [1.807, 2.05) is 19.1 Å². The first-order chi connectivity index (χ1) is 9.06.